The summed E-state index contributed by atoms with van der Waals surface area (Å²) < 4.78 is 23.5. The lowest BCUT2D eigenvalue weighted by Gasteiger charge is -2.28. The molecule has 5 nitrogen and oxygen atoms in total. The van der Waals surface area contributed by atoms with Crippen LogP contribution in [-0.2, 0) is 14.6 Å². The maximum Gasteiger partial charge on any atom is 0.240 e. The molecule has 0 aliphatic carbocycles. The van der Waals surface area contributed by atoms with Gasteiger partial charge in [0, 0.05) is 6.54 Å². The van der Waals surface area contributed by atoms with Crippen molar-refractivity contribution in [3.05, 3.63) is 0 Å². The van der Waals surface area contributed by atoms with E-state index in [0.717, 1.165) is 38.6 Å². The molecule has 2 N–H and O–H groups in total. The van der Waals surface area contributed by atoms with Gasteiger partial charge < -0.3 is 10.6 Å². The third-order valence-electron chi connectivity index (χ3n) is 4.31. The summed E-state index contributed by atoms with van der Waals surface area (Å²) in [6.07, 6.45) is 5.02. The van der Waals surface area contributed by atoms with E-state index in [2.05, 4.69) is 17.6 Å². The Hall–Kier alpha value is -0.620. The number of carbonyl (C=O) groups excluding carboxylic acids is 1. The fourth-order valence-electron chi connectivity index (χ4n) is 3.22. The quantitative estimate of drug-likeness (QED) is 0.777. The van der Waals surface area contributed by atoms with E-state index in [1.165, 1.54) is 0 Å². The first-order valence-electron chi connectivity index (χ1n) is 7.25. The zero-order chi connectivity index (χ0) is 13.9. The summed E-state index contributed by atoms with van der Waals surface area (Å²) in [6, 6.07) is 0. The first-order valence-corrected chi connectivity index (χ1v) is 8.97. The van der Waals surface area contributed by atoms with Gasteiger partial charge in [0.2, 0.25) is 5.91 Å². The Labute approximate surface area is 115 Å². The van der Waals surface area contributed by atoms with Crippen LogP contribution in [0.25, 0.3) is 0 Å². The topological polar surface area (TPSA) is 75.3 Å². The van der Waals surface area contributed by atoms with Crippen LogP contribution in [0, 0.1) is 0 Å². The molecule has 0 aromatic heterocycles. The monoisotopic (exact) mass is 288 g/mol. The highest BCUT2D eigenvalue weighted by atomic mass is 32.2. The van der Waals surface area contributed by atoms with Crippen LogP contribution >= 0.6 is 0 Å². The van der Waals surface area contributed by atoms with Crippen molar-refractivity contribution in [1.82, 2.24) is 10.6 Å². The van der Waals surface area contributed by atoms with Gasteiger partial charge in [-0.3, -0.25) is 4.79 Å². The van der Waals surface area contributed by atoms with Crippen LogP contribution in [0.1, 0.15) is 45.4 Å². The van der Waals surface area contributed by atoms with E-state index in [1.807, 2.05) is 0 Å². The van der Waals surface area contributed by atoms with Crippen LogP contribution in [0.5, 0.6) is 0 Å². The van der Waals surface area contributed by atoms with Crippen LogP contribution in [0.3, 0.4) is 0 Å². The van der Waals surface area contributed by atoms with Gasteiger partial charge in [-0.15, -0.1) is 0 Å². The van der Waals surface area contributed by atoms with Gasteiger partial charge in [0.05, 0.1) is 16.5 Å². The molecule has 2 aliphatic rings. The van der Waals surface area contributed by atoms with Crippen molar-refractivity contribution in [2.75, 3.05) is 18.8 Å². The molecule has 6 heteroatoms. The number of hydrogen-bond donors (Lipinski definition) is 2. The highest BCUT2D eigenvalue weighted by Crippen LogP contribution is 2.25. The van der Waals surface area contributed by atoms with E-state index < -0.39 is 15.4 Å². The maximum absolute atomic E-state index is 12.4. The predicted molar refractivity (Wildman–Crippen MR) is 74.7 cm³/mol. The highest BCUT2D eigenvalue weighted by Gasteiger charge is 2.40. The van der Waals surface area contributed by atoms with Crippen molar-refractivity contribution in [1.29, 1.82) is 0 Å². The molecular formula is C13H24N2O3S. The van der Waals surface area contributed by atoms with Gasteiger partial charge >= 0.3 is 0 Å². The van der Waals surface area contributed by atoms with E-state index in [9.17, 15) is 13.2 Å². The van der Waals surface area contributed by atoms with E-state index in [4.69, 9.17) is 0 Å². The maximum atomic E-state index is 12.4. The SMILES string of the molecule is CCCC1(C(=O)NCC2CCCS2(=O)=O)CCCN1. The van der Waals surface area contributed by atoms with Gasteiger partial charge in [0.1, 0.15) is 0 Å². The molecule has 2 atom stereocenters. The summed E-state index contributed by atoms with van der Waals surface area (Å²) in [5.41, 5.74) is -0.461. The molecule has 2 rings (SSSR count). The van der Waals surface area contributed by atoms with Crippen molar-refractivity contribution in [2.24, 2.45) is 0 Å². The normalized spacial score (nSPS) is 33.4. The molecule has 110 valence electrons. The molecule has 2 heterocycles. The Morgan fingerprint density at radius 1 is 1.42 bits per heavy atom. The minimum absolute atomic E-state index is 0.0195. The number of carbonyl (C=O) groups is 1. The summed E-state index contributed by atoms with van der Waals surface area (Å²) in [5.74, 6) is 0.250. The summed E-state index contributed by atoms with van der Waals surface area (Å²) in [4.78, 5) is 12.4. The Morgan fingerprint density at radius 3 is 2.74 bits per heavy atom. The van der Waals surface area contributed by atoms with E-state index in [0.29, 0.717) is 6.42 Å². The van der Waals surface area contributed by atoms with Gasteiger partial charge in [-0.25, -0.2) is 8.42 Å². The summed E-state index contributed by atoms with van der Waals surface area (Å²) in [5, 5.41) is 5.79. The zero-order valence-corrected chi connectivity index (χ0v) is 12.4. The molecule has 2 aliphatic heterocycles. The van der Waals surface area contributed by atoms with Gasteiger partial charge in [-0.05, 0) is 38.6 Å². The lowest BCUT2D eigenvalue weighted by molar-refractivity contribution is -0.127. The third-order valence-corrected chi connectivity index (χ3v) is 6.58. The summed E-state index contributed by atoms with van der Waals surface area (Å²) in [7, 11) is -2.97. The molecule has 0 saturated carbocycles. The Kier molecular flexibility index (Phi) is 4.50. The molecule has 0 aromatic carbocycles. The molecular weight excluding hydrogens is 264 g/mol. The second kappa shape index (κ2) is 5.79. The van der Waals surface area contributed by atoms with Crippen LogP contribution in [0.4, 0.5) is 0 Å². The van der Waals surface area contributed by atoms with Crippen LogP contribution in [-0.4, -0.2) is 44.0 Å². The lowest BCUT2D eigenvalue weighted by Crippen LogP contribution is -2.54. The largest absolute Gasteiger partial charge is 0.353 e. The minimum atomic E-state index is -2.97. The van der Waals surface area contributed by atoms with Crippen LogP contribution in [0.15, 0.2) is 0 Å². The fraction of sp³-hybridized carbons (Fsp3) is 0.923. The van der Waals surface area contributed by atoms with Crippen molar-refractivity contribution < 1.29 is 13.2 Å². The van der Waals surface area contributed by atoms with E-state index >= 15 is 0 Å². The molecule has 0 bridgehead atoms. The number of nitrogens with one attached hydrogen (secondary N) is 2. The van der Waals surface area contributed by atoms with Gasteiger partial charge in [0.15, 0.2) is 9.84 Å². The summed E-state index contributed by atoms with van der Waals surface area (Å²) in [6.45, 7) is 3.21. The number of hydrogen-bond acceptors (Lipinski definition) is 4. The first-order chi connectivity index (χ1) is 9.00. The average Bonchev–Trinajstić information content (AvgIpc) is 2.94. The first kappa shape index (κ1) is 14.8. The molecule has 1 amide bonds. The lowest BCUT2D eigenvalue weighted by atomic mass is 9.91. The standard InChI is InChI=1S/C13H24N2O3S/c1-2-6-13(7-4-8-15-13)12(16)14-10-11-5-3-9-19(11,17)18/h11,15H,2-10H2,1H3,(H,14,16). The van der Waals surface area contributed by atoms with Crippen molar-refractivity contribution in [3.63, 3.8) is 0 Å². The minimum Gasteiger partial charge on any atom is -0.353 e. The van der Waals surface area contributed by atoms with E-state index in [-0.39, 0.29) is 23.5 Å². The number of rotatable bonds is 5. The molecule has 0 aromatic rings. The fourth-order valence-corrected chi connectivity index (χ4v) is 4.98. The average molecular weight is 288 g/mol. The molecule has 19 heavy (non-hydrogen) atoms. The molecule has 0 radical (unpaired) electrons. The Balaban J connectivity index is 1.93. The molecule has 2 saturated heterocycles. The van der Waals surface area contributed by atoms with Crippen molar-refractivity contribution in [2.45, 2.75) is 56.2 Å². The Bertz CT molecular complexity index is 427. The van der Waals surface area contributed by atoms with E-state index in [1.54, 1.807) is 0 Å². The zero-order valence-electron chi connectivity index (χ0n) is 11.6. The number of amides is 1. The van der Waals surface area contributed by atoms with Crippen molar-refractivity contribution >= 4 is 15.7 Å². The third kappa shape index (κ3) is 3.11. The number of sulfone groups is 1. The molecule has 0 spiro atoms. The molecule has 2 fully saturated rings. The molecule has 2 unspecified atom stereocenters. The van der Waals surface area contributed by atoms with Crippen LogP contribution < -0.4 is 10.6 Å². The van der Waals surface area contributed by atoms with Gasteiger partial charge in [-0.1, -0.05) is 13.3 Å². The summed E-state index contributed by atoms with van der Waals surface area (Å²) >= 11 is 0. The van der Waals surface area contributed by atoms with Gasteiger partial charge in [-0.2, -0.15) is 0 Å². The highest BCUT2D eigenvalue weighted by molar-refractivity contribution is 7.92. The van der Waals surface area contributed by atoms with Gasteiger partial charge in [0.25, 0.3) is 0 Å². The predicted octanol–water partition coefficient (Wildman–Crippen LogP) is 0.602. The Morgan fingerprint density at radius 2 is 2.21 bits per heavy atom. The van der Waals surface area contributed by atoms with Crippen LogP contribution in [0.2, 0.25) is 0 Å². The smallest absolute Gasteiger partial charge is 0.240 e. The van der Waals surface area contributed by atoms with Crippen molar-refractivity contribution in [3.8, 4) is 0 Å². The second-order valence-electron chi connectivity index (χ2n) is 5.70. The second-order valence-corrected chi connectivity index (χ2v) is 8.10.